The van der Waals surface area contributed by atoms with E-state index in [1.165, 1.54) is 0 Å². The van der Waals surface area contributed by atoms with Crippen molar-refractivity contribution >= 4 is 37.2 Å². The average Bonchev–Trinajstić information content (AvgIpc) is 2.25. The van der Waals surface area contributed by atoms with Crippen molar-refractivity contribution in [2.45, 2.75) is 4.90 Å². The predicted octanol–water partition coefficient (Wildman–Crippen LogP) is 1.64. The summed E-state index contributed by atoms with van der Waals surface area (Å²) in [5.74, 6) is 0. The largest absolute Gasteiger partial charge is 0.465 e. The maximum atomic E-state index is 11.0. The minimum atomic E-state index is -4.12. The molecule has 0 atom stereocenters. The molecule has 0 unspecified atom stereocenters. The van der Waals surface area contributed by atoms with E-state index in [-0.39, 0.29) is 5.69 Å². The van der Waals surface area contributed by atoms with Crippen molar-refractivity contribution in [3.8, 4) is 0 Å². The van der Waals surface area contributed by atoms with Crippen molar-refractivity contribution in [2.24, 2.45) is 0 Å². The fourth-order valence-electron chi connectivity index (χ4n) is 1.19. The summed E-state index contributed by atoms with van der Waals surface area (Å²) in [4.78, 5) is 20.7. The summed E-state index contributed by atoms with van der Waals surface area (Å²) in [7, 11) is 2.03. The summed E-state index contributed by atoms with van der Waals surface area (Å²) >= 11 is 0. The molecule has 0 bridgehead atoms. The molecule has 0 fully saturated rings. The molecule has 0 saturated carbocycles. The molecule has 8 nitrogen and oxygen atoms in total. The molecule has 10 heteroatoms. The van der Waals surface area contributed by atoms with Crippen LogP contribution in [0.25, 0.3) is 0 Å². The third kappa shape index (κ3) is 2.87. The molecule has 1 rings (SSSR count). The molecule has 98 valence electrons. The van der Waals surface area contributed by atoms with Gasteiger partial charge in [-0.3, -0.25) is 15.0 Å². The van der Waals surface area contributed by atoms with E-state index in [2.05, 4.69) is 0 Å². The van der Waals surface area contributed by atoms with E-state index < -0.39 is 30.7 Å². The summed E-state index contributed by atoms with van der Waals surface area (Å²) in [6.45, 7) is 0. The molecule has 0 radical (unpaired) electrons. The third-order valence-electron chi connectivity index (χ3n) is 2.07. The Kier molecular flexibility index (Phi) is 3.77. The molecular formula is C8H7ClN2O6S. The lowest BCUT2D eigenvalue weighted by molar-refractivity contribution is -0.384. The van der Waals surface area contributed by atoms with Gasteiger partial charge in [-0.2, -0.15) is 0 Å². The molecule has 0 saturated heterocycles. The molecule has 1 amide bonds. The standard InChI is InChI=1S/C8H7ClN2O6S/c1-10(8(12)13)6-3-2-5(18(9,16)17)4-7(6)11(14)15/h2-4H,1H3,(H,12,13). The average molecular weight is 295 g/mol. The van der Waals surface area contributed by atoms with Gasteiger partial charge in [-0.25, -0.2) is 13.2 Å². The van der Waals surface area contributed by atoms with Crippen LogP contribution in [0, 0.1) is 10.1 Å². The Bertz CT molecular complexity index is 614. The second kappa shape index (κ2) is 4.78. The van der Waals surface area contributed by atoms with Crippen molar-refractivity contribution in [3.63, 3.8) is 0 Å². The van der Waals surface area contributed by atoms with Crippen LogP contribution in [-0.2, 0) is 9.05 Å². The van der Waals surface area contributed by atoms with Gasteiger partial charge in [-0.05, 0) is 12.1 Å². The number of benzene rings is 1. The molecule has 0 aliphatic rings. The van der Waals surface area contributed by atoms with Gasteiger partial charge in [0.25, 0.3) is 14.7 Å². The second-order valence-electron chi connectivity index (χ2n) is 3.19. The van der Waals surface area contributed by atoms with Crippen LogP contribution in [-0.4, -0.2) is 31.6 Å². The van der Waals surface area contributed by atoms with Gasteiger partial charge >= 0.3 is 6.09 Å². The summed E-state index contributed by atoms with van der Waals surface area (Å²) in [5.41, 5.74) is -0.918. The molecule has 1 aromatic rings. The Hall–Kier alpha value is -1.87. The SMILES string of the molecule is CN(C(=O)O)c1ccc(S(=O)(=O)Cl)cc1[N+](=O)[O-]. The number of rotatable bonds is 3. The number of carboxylic acid groups (broad SMARTS) is 1. The first-order valence-electron chi connectivity index (χ1n) is 4.34. The predicted molar refractivity (Wildman–Crippen MR) is 62.6 cm³/mol. The maximum Gasteiger partial charge on any atom is 0.411 e. The van der Waals surface area contributed by atoms with Crippen LogP contribution in [0.4, 0.5) is 16.2 Å². The monoisotopic (exact) mass is 294 g/mol. The van der Waals surface area contributed by atoms with E-state index >= 15 is 0 Å². The number of hydrogen-bond acceptors (Lipinski definition) is 5. The number of nitro groups is 1. The summed E-state index contributed by atoms with van der Waals surface area (Å²) in [6.07, 6.45) is -1.42. The number of amides is 1. The van der Waals surface area contributed by atoms with Crippen LogP contribution in [0.3, 0.4) is 0 Å². The Morgan fingerprint density at radius 2 is 2.06 bits per heavy atom. The van der Waals surface area contributed by atoms with Crippen LogP contribution in [0.15, 0.2) is 23.1 Å². The molecule has 0 aliphatic heterocycles. The van der Waals surface area contributed by atoms with E-state index in [4.69, 9.17) is 15.8 Å². The first-order chi connectivity index (χ1) is 8.14. The molecule has 1 N–H and O–H groups in total. The van der Waals surface area contributed by atoms with Gasteiger partial charge in [0.1, 0.15) is 5.69 Å². The normalized spacial score (nSPS) is 11.0. The fraction of sp³-hybridized carbons (Fsp3) is 0.125. The number of anilines is 1. The van der Waals surface area contributed by atoms with Crippen LogP contribution in [0.5, 0.6) is 0 Å². The zero-order valence-corrected chi connectivity index (χ0v) is 10.5. The van der Waals surface area contributed by atoms with Crippen molar-refractivity contribution in [3.05, 3.63) is 28.3 Å². The Labute approximate surface area is 106 Å². The number of halogens is 1. The third-order valence-corrected chi connectivity index (χ3v) is 3.42. The highest BCUT2D eigenvalue weighted by atomic mass is 35.7. The molecule has 0 heterocycles. The smallest absolute Gasteiger partial charge is 0.411 e. The van der Waals surface area contributed by atoms with Gasteiger partial charge in [0.15, 0.2) is 0 Å². The number of carbonyl (C=O) groups is 1. The highest BCUT2D eigenvalue weighted by molar-refractivity contribution is 8.13. The van der Waals surface area contributed by atoms with E-state index in [0.29, 0.717) is 11.0 Å². The van der Waals surface area contributed by atoms with Crippen molar-refractivity contribution in [2.75, 3.05) is 11.9 Å². The molecule has 0 aromatic heterocycles. The first-order valence-corrected chi connectivity index (χ1v) is 6.65. The Morgan fingerprint density at radius 1 is 1.50 bits per heavy atom. The van der Waals surface area contributed by atoms with Crippen LogP contribution >= 0.6 is 10.7 Å². The Morgan fingerprint density at radius 3 is 2.44 bits per heavy atom. The number of nitrogens with zero attached hydrogens (tertiary/aromatic N) is 2. The van der Waals surface area contributed by atoms with E-state index in [1.54, 1.807) is 0 Å². The minimum Gasteiger partial charge on any atom is -0.465 e. The van der Waals surface area contributed by atoms with Crippen molar-refractivity contribution in [1.29, 1.82) is 0 Å². The first kappa shape index (κ1) is 14.2. The second-order valence-corrected chi connectivity index (χ2v) is 5.75. The maximum absolute atomic E-state index is 11.0. The minimum absolute atomic E-state index is 0.253. The van der Waals surface area contributed by atoms with Gasteiger partial charge in [0, 0.05) is 23.8 Å². The Balaban J connectivity index is 3.48. The van der Waals surface area contributed by atoms with Crippen LogP contribution in [0.2, 0.25) is 0 Å². The molecular weight excluding hydrogens is 288 g/mol. The summed E-state index contributed by atoms with van der Waals surface area (Å²) in [5, 5.41) is 19.5. The highest BCUT2D eigenvalue weighted by Gasteiger charge is 2.24. The molecule has 0 spiro atoms. The van der Waals surface area contributed by atoms with Gasteiger partial charge in [-0.1, -0.05) is 0 Å². The highest BCUT2D eigenvalue weighted by Crippen LogP contribution is 2.31. The zero-order chi connectivity index (χ0) is 14.1. The van der Waals surface area contributed by atoms with Crippen molar-refractivity contribution < 1.29 is 23.2 Å². The van der Waals surface area contributed by atoms with E-state index in [0.717, 1.165) is 19.2 Å². The van der Waals surface area contributed by atoms with E-state index in [9.17, 15) is 23.3 Å². The number of hydrogen-bond donors (Lipinski definition) is 1. The molecule has 0 aliphatic carbocycles. The fourth-order valence-corrected chi connectivity index (χ4v) is 1.96. The lowest BCUT2D eigenvalue weighted by Crippen LogP contribution is -2.24. The van der Waals surface area contributed by atoms with Crippen molar-refractivity contribution in [1.82, 2.24) is 0 Å². The van der Waals surface area contributed by atoms with Gasteiger partial charge in [0.05, 0.1) is 9.82 Å². The topological polar surface area (TPSA) is 118 Å². The summed E-state index contributed by atoms with van der Waals surface area (Å²) in [6, 6.07) is 2.70. The van der Waals surface area contributed by atoms with Gasteiger partial charge < -0.3 is 5.11 Å². The quantitative estimate of drug-likeness (QED) is 0.514. The van der Waals surface area contributed by atoms with Crippen LogP contribution in [0.1, 0.15) is 0 Å². The molecule has 18 heavy (non-hydrogen) atoms. The van der Waals surface area contributed by atoms with Gasteiger partial charge in [0.2, 0.25) is 0 Å². The van der Waals surface area contributed by atoms with E-state index in [1.807, 2.05) is 0 Å². The van der Waals surface area contributed by atoms with Crippen LogP contribution < -0.4 is 4.90 Å². The lowest BCUT2D eigenvalue weighted by atomic mass is 10.2. The lowest BCUT2D eigenvalue weighted by Gasteiger charge is -2.13. The number of nitro benzene ring substituents is 1. The summed E-state index contributed by atoms with van der Waals surface area (Å²) < 4.78 is 22.1. The molecule has 1 aromatic carbocycles. The van der Waals surface area contributed by atoms with Gasteiger partial charge in [-0.15, -0.1) is 0 Å². The zero-order valence-electron chi connectivity index (χ0n) is 8.90.